The van der Waals surface area contributed by atoms with E-state index in [0.717, 1.165) is 17.9 Å². The Labute approximate surface area is 126 Å². The van der Waals surface area contributed by atoms with Crippen LogP contribution in [0.5, 0.6) is 0 Å². The molecule has 0 saturated carbocycles. The molecule has 108 valence electrons. The van der Waals surface area contributed by atoms with Gasteiger partial charge in [0.05, 0.1) is 17.6 Å². The zero-order chi connectivity index (χ0) is 14.4. The van der Waals surface area contributed by atoms with Gasteiger partial charge in [0, 0.05) is 32.6 Å². The van der Waals surface area contributed by atoms with Crippen LogP contribution in [0.4, 0.5) is 4.39 Å². The van der Waals surface area contributed by atoms with E-state index in [-0.39, 0.29) is 5.82 Å². The second kappa shape index (κ2) is 7.52. The van der Waals surface area contributed by atoms with Gasteiger partial charge in [-0.1, -0.05) is 6.07 Å². The van der Waals surface area contributed by atoms with Crippen molar-refractivity contribution in [1.82, 2.24) is 14.9 Å². The summed E-state index contributed by atoms with van der Waals surface area (Å²) in [6.07, 6.45) is 3.69. The molecule has 0 bridgehead atoms. The highest BCUT2D eigenvalue weighted by Gasteiger charge is 2.05. The Morgan fingerprint density at radius 1 is 1.45 bits per heavy atom. The smallest absolute Gasteiger partial charge is 0.137 e. The number of ether oxygens (including phenoxy) is 1. The second-order valence-corrected chi connectivity index (χ2v) is 5.24. The summed E-state index contributed by atoms with van der Waals surface area (Å²) < 4.78 is 20.7. The first kappa shape index (κ1) is 15.2. The number of nitrogens with one attached hydrogen (secondary N) is 1. The summed E-state index contributed by atoms with van der Waals surface area (Å²) >= 11 is 3.20. The Kier molecular flexibility index (Phi) is 5.70. The van der Waals surface area contributed by atoms with Gasteiger partial charge in [0.2, 0.25) is 0 Å². The Morgan fingerprint density at radius 2 is 2.30 bits per heavy atom. The largest absolute Gasteiger partial charge is 0.383 e. The number of imidazole rings is 1. The first-order valence-corrected chi connectivity index (χ1v) is 7.13. The summed E-state index contributed by atoms with van der Waals surface area (Å²) in [6, 6.07) is 5.03. The lowest BCUT2D eigenvalue weighted by Crippen LogP contribution is -2.21. The van der Waals surface area contributed by atoms with Crippen molar-refractivity contribution in [2.75, 3.05) is 20.3 Å². The Hall–Kier alpha value is -1.24. The lowest BCUT2D eigenvalue weighted by Gasteiger charge is -2.09. The normalized spacial score (nSPS) is 10.9. The molecule has 0 spiro atoms. The zero-order valence-corrected chi connectivity index (χ0v) is 12.9. The number of benzene rings is 1. The van der Waals surface area contributed by atoms with Crippen molar-refractivity contribution in [2.45, 2.75) is 13.1 Å². The molecule has 1 aromatic carbocycles. The maximum atomic E-state index is 13.2. The third-order valence-electron chi connectivity index (χ3n) is 2.90. The van der Waals surface area contributed by atoms with E-state index in [1.54, 1.807) is 25.4 Å². The van der Waals surface area contributed by atoms with Crippen molar-refractivity contribution in [3.8, 4) is 0 Å². The highest BCUT2D eigenvalue weighted by Crippen LogP contribution is 2.17. The van der Waals surface area contributed by atoms with E-state index in [2.05, 4.69) is 26.2 Å². The van der Waals surface area contributed by atoms with Gasteiger partial charge in [0.1, 0.15) is 11.6 Å². The van der Waals surface area contributed by atoms with E-state index >= 15 is 0 Å². The molecule has 0 radical (unpaired) electrons. The van der Waals surface area contributed by atoms with Gasteiger partial charge in [-0.3, -0.25) is 0 Å². The van der Waals surface area contributed by atoms with Crippen LogP contribution in [0.3, 0.4) is 0 Å². The molecule has 0 aliphatic carbocycles. The van der Waals surface area contributed by atoms with Crippen LogP contribution in [0.1, 0.15) is 11.4 Å². The molecule has 20 heavy (non-hydrogen) atoms. The van der Waals surface area contributed by atoms with E-state index < -0.39 is 0 Å². The highest BCUT2D eigenvalue weighted by molar-refractivity contribution is 9.10. The molecule has 0 aliphatic heterocycles. The van der Waals surface area contributed by atoms with Crippen LogP contribution >= 0.6 is 15.9 Å². The van der Waals surface area contributed by atoms with Crippen LogP contribution in [0.15, 0.2) is 35.1 Å². The van der Waals surface area contributed by atoms with Crippen molar-refractivity contribution in [1.29, 1.82) is 0 Å². The van der Waals surface area contributed by atoms with Gasteiger partial charge in [-0.15, -0.1) is 0 Å². The van der Waals surface area contributed by atoms with Gasteiger partial charge < -0.3 is 14.6 Å². The van der Waals surface area contributed by atoms with Crippen LogP contribution in [0.2, 0.25) is 0 Å². The monoisotopic (exact) mass is 341 g/mol. The maximum absolute atomic E-state index is 13.2. The third-order valence-corrected chi connectivity index (χ3v) is 3.51. The number of hydrogen-bond acceptors (Lipinski definition) is 3. The van der Waals surface area contributed by atoms with Crippen LogP contribution in [-0.2, 0) is 17.8 Å². The van der Waals surface area contributed by atoms with E-state index in [9.17, 15) is 4.39 Å². The number of halogens is 2. The Morgan fingerprint density at radius 3 is 3.05 bits per heavy atom. The number of rotatable bonds is 7. The van der Waals surface area contributed by atoms with Crippen molar-refractivity contribution in [2.24, 2.45) is 0 Å². The first-order chi connectivity index (χ1) is 9.70. The van der Waals surface area contributed by atoms with E-state index in [4.69, 9.17) is 4.74 Å². The molecule has 2 rings (SSSR count). The number of methoxy groups -OCH3 is 1. The molecule has 1 heterocycles. The van der Waals surface area contributed by atoms with Crippen LogP contribution in [0.25, 0.3) is 0 Å². The molecule has 0 aliphatic rings. The molecule has 0 unspecified atom stereocenters. The number of aromatic nitrogens is 2. The van der Waals surface area contributed by atoms with E-state index in [1.165, 1.54) is 6.07 Å². The van der Waals surface area contributed by atoms with Crippen molar-refractivity contribution >= 4 is 15.9 Å². The predicted octanol–water partition coefficient (Wildman–Crippen LogP) is 2.57. The third kappa shape index (κ3) is 4.13. The maximum Gasteiger partial charge on any atom is 0.137 e. The van der Waals surface area contributed by atoms with Gasteiger partial charge >= 0.3 is 0 Å². The molecule has 1 N–H and O–H groups in total. The van der Waals surface area contributed by atoms with E-state index in [0.29, 0.717) is 24.2 Å². The Bertz CT molecular complexity index is 559. The van der Waals surface area contributed by atoms with Crippen molar-refractivity contribution in [3.05, 3.63) is 52.3 Å². The van der Waals surface area contributed by atoms with E-state index in [1.807, 2.05) is 10.8 Å². The molecule has 0 atom stereocenters. The summed E-state index contributed by atoms with van der Waals surface area (Å²) in [4.78, 5) is 4.32. The molecule has 4 nitrogen and oxygen atoms in total. The molecule has 2 aromatic rings. The summed E-state index contributed by atoms with van der Waals surface area (Å²) in [5, 5.41) is 3.26. The SMILES string of the molecule is COCCNCc1nccn1Cc1ccc(F)c(Br)c1. The van der Waals surface area contributed by atoms with Gasteiger partial charge in [-0.2, -0.15) is 0 Å². The molecular weight excluding hydrogens is 325 g/mol. The topological polar surface area (TPSA) is 39.1 Å². The van der Waals surface area contributed by atoms with Crippen LogP contribution in [-0.4, -0.2) is 29.8 Å². The average molecular weight is 342 g/mol. The summed E-state index contributed by atoms with van der Waals surface area (Å²) in [6.45, 7) is 2.80. The van der Waals surface area contributed by atoms with Gasteiger partial charge in [-0.25, -0.2) is 9.37 Å². The van der Waals surface area contributed by atoms with Gasteiger partial charge in [-0.05, 0) is 33.6 Å². The quantitative estimate of drug-likeness (QED) is 0.786. The Balaban J connectivity index is 1.99. The fourth-order valence-corrected chi connectivity index (χ4v) is 2.29. The number of hydrogen-bond donors (Lipinski definition) is 1. The molecular formula is C14H17BrFN3O. The lowest BCUT2D eigenvalue weighted by molar-refractivity contribution is 0.199. The van der Waals surface area contributed by atoms with Crippen LogP contribution < -0.4 is 5.32 Å². The molecule has 1 aromatic heterocycles. The molecule has 0 fully saturated rings. The summed E-state index contributed by atoms with van der Waals surface area (Å²) in [5.41, 5.74) is 1.02. The zero-order valence-electron chi connectivity index (χ0n) is 11.3. The van der Waals surface area contributed by atoms with Crippen LogP contribution in [0, 0.1) is 5.82 Å². The fraction of sp³-hybridized carbons (Fsp3) is 0.357. The standard InChI is InChI=1S/C14H17BrFN3O/c1-20-7-5-17-9-14-18-4-6-19(14)10-11-2-3-13(16)12(15)8-11/h2-4,6,8,17H,5,7,9-10H2,1H3. The summed E-state index contributed by atoms with van der Waals surface area (Å²) in [5.74, 6) is 0.697. The van der Waals surface area contributed by atoms with Crippen molar-refractivity contribution in [3.63, 3.8) is 0 Å². The lowest BCUT2D eigenvalue weighted by atomic mass is 10.2. The summed E-state index contributed by atoms with van der Waals surface area (Å²) in [7, 11) is 1.68. The minimum atomic E-state index is -0.249. The number of nitrogens with zero attached hydrogens (tertiary/aromatic N) is 2. The minimum Gasteiger partial charge on any atom is -0.383 e. The van der Waals surface area contributed by atoms with Gasteiger partial charge in [0.15, 0.2) is 0 Å². The second-order valence-electron chi connectivity index (χ2n) is 4.39. The molecule has 0 saturated heterocycles. The minimum absolute atomic E-state index is 0.249. The van der Waals surface area contributed by atoms with Crippen molar-refractivity contribution < 1.29 is 9.13 Å². The molecule has 0 amide bonds. The van der Waals surface area contributed by atoms with Gasteiger partial charge in [0.25, 0.3) is 0 Å². The molecule has 6 heteroatoms. The average Bonchev–Trinajstić information content (AvgIpc) is 2.86. The fourth-order valence-electron chi connectivity index (χ4n) is 1.86. The first-order valence-electron chi connectivity index (χ1n) is 6.34. The highest BCUT2D eigenvalue weighted by atomic mass is 79.9. The predicted molar refractivity (Wildman–Crippen MR) is 79.0 cm³/mol.